The molecular formula is C24H20ClN3O2S2. The normalized spacial score (nSPS) is 10.8. The number of hydrogen-bond donors (Lipinski definition) is 2. The van der Waals surface area contributed by atoms with E-state index in [4.69, 9.17) is 11.6 Å². The summed E-state index contributed by atoms with van der Waals surface area (Å²) in [5, 5.41) is 10.4. The Bertz CT molecular complexity index is 1280. The molecule has 0 aliphatic heterocycles. The highest BCUT2D eigenvalue weighted by atomic mass is 35.5. The fourth-order valence-electron chi connectivity index (χ4n) is 3.19. The number of amides is 2. The van der Waals surface area contributed by atoms with Crippen LogP contribution in [0.4, 0.5) is 11.4 Å². The van der Waals surface area contributed by atoms with Crippen LogP contribution in [-0.2, 0) is 16.0 Å². The Balaban J connectivity index is 1.30. The highest BCUT2D eigenvalue weighted by Crippen LogP contribution is 2.26. The van der Waals surface area contributed by atoms with Crippen molar-refractivity contribution in [1.29, 1.82) is 0 Å². The number of nitrogens with one attached hydrogen (secondary N) is 2. The van der Waals surface area contributed by atoms with Gasteiger partial charge in [-0.05, 0) is 36.1 Å². The van der Waals surface area contributed by atoms with Gasteiger partial charge in [0, 0.05) is 27.2 Å². The highest BCUT2D eigenvalue weighted by molar-refractivity contribution is 8.01. The van der Waals surface area contributed by atoms with Crippen molar-refractivity contribution in [2.24, 2.45) is 0 Å². The molecule has 0 aliphatic carbocycles. The molecule has 2 amide bonds. The maximum absolute atomic E-state index is 12.4. The van der Waals surface area contributed by atoms with Gasteiger partial charge in [-0.2, -0.15) is 0 Å². The molecule has 0 fully saturated rings. The number of benzene rings is 3. The molecule has 8 heteroatoms. The van der Waals surface area contributed by atoms with Gasteiger partial charge in [-0.25, -0.2) is 4.98 Å². The molecule has 0 saturated carbocycles. The van der Waals surface area contributed by atoms with E-state index in [1.165, 1.54) is 23.1 Å². The van der Waals surface area contributed by atoms with Gasteiger partial charge >= 0.3 is 0 Å². The first kappa shape index (κ1) is 22.3. The minimum absolute atomic E-state index is 0.0997. The zero-order valence-corrected chi connectivity index (χ0v) is 19.6. The molecule has 0 aliphatic rings. The predicted molar refractivity (Wildman–Crippen MR) is 134 cm³/mol. The second kappa shape index (κ2) is 10.2. The number of thiazole rings is 1. The summed E-state index contributed by atoms with van der Waals surface area (Å²) in [5.74, 6) is -0.0208. The fourth-order valence-corrected chi connectivity index (χ4v) is 5.00. The Morgan fingerprint density at radius 3 is 2.56 bits per heavy atom. The number of anilines is 2. The first-order valence-electron chi connectivity index (χ1n) is 9.89. The van der Waals surface area contributed by atoms with E-state index in [0.29, 0.717) is 16.4 Å². The molecular weight excluding hydrogens is 462 g/mol. The van der Waals surface area contributed by atoms with Crippen LogP contribution < -0.4 is 10.6 Å². The lowest BCUT2D eigenvalue weighted by molar-refractivity contribution is -0.116. The molecule has 5 nitrogen and oxygen atoms in total. The summed E-state index contributed by atoms with van der Waals surface area (Å²) in [5.41, 5.74) is 2.98. The Kier molecular flexibility index (Phi) is 7.09. The Morgan fingerprint density at radius 2 is 1.69 bits per heavy atom. The van der Waals surface area contributed by atoms with Crippen LogP contribution in [0.3, 0.4) is 0 Å². The Morgan fingerprint density at radius 1 is 0.969 bits per heavy atom. The van der Waals surface area contributed by atoms with Crippen LogP contribution >= 0.6 is 34.7 Å². The number of thioether (sulfide) groups is 1. The topological polar surface area (TPSA) is 71.1 Å². The van der Waals surface area contributed by atoms with Gasteiger partial charge < -0.3 is 10.6 Å². The molecule has 0 spiro atoms. The molecule has 162 valence electrons. The number of rotatable bonds is 7. The second-order valence-electron chi connectivity index (χ2n) is 7.11. The van der Waals surface area contributed by atoms with Crippen molar-refractivity contribution < 1.29 is 9.59 Å². The molecule has 4 rings (SSSR count). The van der Waals surface area contributed by atoms with E-state index in [1.54, 1.807) is 12.1 Å². The Labute approximate surface area is 199 Å². The molecule has 32 heavy (non-hydrogen) atoms. The highest BCUT2D eigenvalue weighted by Gasteiger charge is 2.12. The van der Waals surface area contributed by atoms with E-state index in [0.717, 1.165) is 26.4 Å². The third kappa shape index (κ3) is 5.48. The van der Waals surface area contributed by atoms with Crippen LogP contribution in [0.25, 0.3) is 10.8 Å². The number of carbonyl (C=O) groups is 2. The summed E-state index contributed by atoms with van der Waals surface area (Å²) in [4.78, 5) is 29.3. The second-order valence-corrected chi connectivity index (χ2v) is 9.59. The third-order valence-corrected chi connectivity index (χ3v) is 7.28. The molecule has 0 radical (unpaired) electrons. The number of aromatic nitrogens is 1. The quantitative estimate of drug-likeness (QED) is 0.309. The zero-order chi connectivity index (χ0) is 22.5. The first-order chi connectivity index (χ1) is 15.5. The van der Waals surface area contributed by atoms with Gasteiger partial charge in [0.15, 0.2) is 4.34 Å². The SMILES string of the molecule is Cc1c(Cl)cccc1NC(=O)Cc1csc(SCC(=O)Nc2cccc3ccccc23)n1. The van der Waals surface area contributed by atoms with Gasteiger partial charge in [-0.1, -0.05) is 65.8 Å². The van der Waals surface area contributed by atoms with Gasteiger partial charge in [0.25, 0.3) is 0 Å². The third-order valence-electron chi connectivity index (χ3n) is 4.80. The maximum atomic E-state index is 12.4. The lowest BCUT2D eigenvalue weighted by Gasteiger charge is -2.08. The minimum Gasteiger partial charge on any atom is -0.325 e. The van der Waals surface area contributed by atoms with Gasteiger partial charge in [0.05, 0.1) is 17.9 Å². The van der Waals surface area contributed by atoms with Crippen molar-refractivity contribution in [2.75, 3.05) is 16.4 Å². The Hall–Kier alpha value is -2.87. The number of fused-ring (bicyclic) bond motifs is 1. The van der Waals surface area contributed by atoms with Crippen LogP contribution in [0, 0.1) is 6.92 Å². The van der Waals surface area contributed by atoms with E-state index in [2.05, 4.69) is 15.6 Å². The largest absolute Gasteiger partial charge is 0.325 e. The predicted octanol–water partition coefficient (Wildman–Crippen LogP) is 6.17. The van der Waals surface area contributed by atoms with Crippen LogP contribution in [-0.4, -0.2) is 22.6 Å². The first-order valence-corrected chi connectivity index (χ1v) is 12.1. The van der Waals surface area contributed by atoms with Crippen molar-refractivity contribution in [3.8, 4) is 0 Å². The fraction of sp³-hybridized carbons (Fsp3) is 0.125. The minimum atomic E-state index is -0.161. The van der Waals surface area contributed by atoms with E-state index < -0.39 is 0 Å². The summed E-state index contributed by atoms with van der Waals surface area (Å²) < 4.78 is 0.750. The summed E-state index contributed by atoms with van der Waals surface area (Å²) in [6, 6.07) is 19.2. The average molecular weight is 482 g/mol. The summed E-state index contributed by atoms with van der Waals surface area (Å²) in [6.07, 6.45) is 0.158. The van der Waals surface area contributed by atoms with E-state index in [-0.39, 0.29) is 24.0 Å². The van der Waals surface area contributed by atoms with E-state index >= 15 is 0 Å². The number of nitrogens with zero attached hydrogens (tertiary/aromatic N) is 1. The van der Waals surface area contributed by atoms with Gasteiger partial charge in [-0.3, -0.25) is 9.59 Å². The average Bonchev–Trinajstić information content (AvgIpc) is 3.23. The van der Waals surface area contributed by atoms with Crippen LogP contribution in [0.1, 0.15) is 11.3 Å². The summed E-state index contributed by atoms with van der Waals surface area (Å²) >= 11 is 8.88. The van der Waals surface area contributed by atoms with E-state index in [1.807, 2.05) is 60.8 Å². The molecule has 0 saturated heterocycles. The van der Waals surface area contributed by atoms with Crippen LogP contribution in [0.2, 0.25) is 5.02 Å². The van der Waals surface area contributed by atoms with Crippen molar-refractivity contribution in [3.63, 3.8) is 0 Å². The number of carbonyl (C=O) groups excluding carboxylic acids is 2. The monoisotopic (exact) mass is 481 g/mol. The standard InChI is InChI=1S/C24H20ClN3O2S2/c1-15-19(25)9-5-10-20(15)27-22(29)12-17-13-31-24(26-17)32-14-23(30)28-21-11-4-7-16-6-2-3-8-18(16)21/h2-11,13H,12,14H2,1H3,(H,27,29)(H,28,30). The van der Waals surface area contributed by atoms with Crippen LogP contribution in [0.5, 0.6) is 0 Å². The molecule has 0 unspecified atom stereocenters. The van der Waals surface area contributed by atoms with Crippen molar-refractivity contribution >= 4 is 68.7 Å². The number of hydrogen-bond acceptors (Lipinski definition) is 5. The van der Waals surface area contributed by atoms with Crippen LogP contribution in [0.15, 0.2) is 70.4 Å². The molecule has 1 heterocycles. The van der Waals surface area contributed by atoms with E-state index in [9.17, 15) is 9.59 Å². The molecule has 0 bridgehead atoms. The van der Waals surface area contributed by atoms with Crippen molar-refractivity contribution in [1.82, 2.24) is 4.98 Å². The lowest BCUT2D eigenvalue weighted by Crippen LogP contribution is -2.15. The zero-order valence-electron chi connectivity index (χ0n) is 17.2. The van der Waals surface area contributed by atoms with Gasteiger partial charge in [0.2, 0.25) is 11.8 Å². The van der Waals surface area contributed by atoms with Crippen molar-refractivity contribution in [2.45, 2.75) is 17.7 Å². The maximum Gasteiger partial charge on any atom is 0.234 e. The van der Waals surface area contributed by atoms with Gasteiger partial charge in [0.1, 0.15) is 0 Å². The summed E-state index contributed by atoms with van der Waals surface area (Å²) in [7, 11) is 0. The lowest BCUT2D eigenvalue weighted by atomic mass is 10.1. The van der Waals surface area contributed by atoms with Gasteiger partial charge in [-0.15, -0.1) is 11.3 Å². The molecule has 3 aromatic carbocycles. The van der Waals surface area contributed by atoms with Crippen molar-refractivity contribution in [3.05, 3.63) is 82.3 Å². The number of halogens is 1. The molecule has 0 atom stereocenters. The molecule has 1 aromatic heterocycles. The molecule has 4 aromatic rings. The summed E-state index contributed by atoms with van der Waals surface area (Å²) in [6.45, 7) is 1.86. The molecule has 2 N–H and O–H groups in total. The smallest absolute Gasteiger partial charge is 0.234 e.